The van der Waals surface area contributed by atoms with E-state index in [1.54, 1.807) is 0 Å². The number of carbonyl (C=O) groups excluding carboxylic acids is 1. The summed E-state index contributed by atoms with van der Waals surface area (Å²) in [6.07, 6.45) is 7.07. The van der Waals surface area contributed by atoms with Crippen LogP contribution in [0.4, 0.5) is 4.79 Å². The maximum absolute atomic E-state index is 11.8. The molecule has 2 fully saturated rings. The molecule has 6 heteroatoms. The highest BCUT2D eigenvalue weighted by Gasteiger charge is 2.40. The van der Waals surface area contributed by atoms with Crippen LogP contribution in [0.15, 0.2) is 0 Å². The van der Waals surface area contributed by atoms with Crippen molar-refractivity contribution in [3.05, 3.63) is 0 Å². The van der Waals surface area contributed by atoms with Crippen LogP contribution in [-0.4, -0.2) is 43.4 Å². The van der Waals surface area contributed by atoms with Gasteiger partial charge >= 0.3 is 12.0 Å². The molecule has 0 spiro atoms. The van der Waals surface area contributed by atoms with E-state index in [2.05, 4.69) is 10.6 Å². The Morgan fingerprint density at radius 1 is 1.14 bits per heavy atom. The quantitative estimate of drug-likeness (QED) is 0.697. The maximum atomic E-state index is 11.8. The summed E-state index contributed by atoms with van der Waals surface area (Å²) in [5.41, 5.74) is -0.874. The minimum Gasteiger partial charge on any atom is -0.481 e. The zero-order chi connectivity index (χ0) is 15.1. The van der Waals surface area contributed by atoms with Gasteiger partial charge in [0, 0.05) is 26.3 Å². The summed E-state index contributed by atoms with van der Waals surface area (Å²) in [5, 5.41) is 14.9. The molecule has 0 unspecified atom stereocenters. The van der Waals surface area contributed by atoms with E-state index in [9.17, 15) is 14.7 Å². The van der Waals surface area contributed by atoms with Gasteiger partial charge in [-0.05, 0) is 25.2 Å². The number of hydrogen-bond acceptors (Lipinski definition) is 3. The third kappa shape index (κ3) is 4.59. The average molecular weight is 298 g/mol. The number of aliphatic carboxylic acids is 1. The molecule has 1 aliphatic carbocycles. The molecule has 0 aromatic rings. The molecule has 6 nitrogen and oxygen atoms in total. The SMILES string of the molecule is O=C(NCCC1CCCC1)NCC1(C(=O)O)CCOCC1. The zero-order valence-electron chi connectivity index (χ0n) is 12.5. The largest absolute Gasteiger partial charge is 0.481 e. The van der Waals surface area contributed by atoms with E-state index in [-0.39, 0.29) is 12.6 Å². The first-order chi connectivity index (χ1) is 10.1. The molecular weight excluding hydrogens is 272 g/mol. The standard InChI is InChI=1S/C15H26N2O4/c18-13(19)15(6-9-21-10-7-15)11-17-14(20)16-8-5-12-3-1-2-4-12/h12H,1-11H2,(H,18,19)(H2,16,17,20). The fourth-order valence-electron chi connectivity index (χ4n) is 3.23. The van der Waals surface area contributed by atoms with Crippen molar-refractivity contribution in [1.82, 2.24) is 10.6 Å². The van der Waals surface area contributed by atoms with Crippen molar-refractivity contribution >= 4 is 12.0 Å². The topological polar surface area (TPSA) is 87.7 Å². The van der Waals surface area contributed by atoms with E-state index < -0.39 is 11.4 Å². The lowest BCUT2D eigenvalue weighted by Crippen LogP contribution is -2.49. The lowest BCUT2D eigenvalue weighted by Gasteiger charge is -2.33. The number of nitrogens with one attached hydrogen (secondary N) is 2. The molecule has 1 saturated heterocycles. The van der Waals surface area contributed by atoms with Crippen LogP contribution >= 0.6 is 0 Å². The van der Waals surface area contributed by atoms with Gasteiger partial charge in [-0.15, -0.1) is 0 Å². The fraction of sp³-hybridized carbons (Fsp3) is 0.867. The number of amides is 2. The second-order valence-electron chi connectivity index (χ2n) is 6.25. The average Bonchev–Trinajstić information content (AvgIpc) is 2.99. The van der Waals surface area contributed by atoms with Crippen molar-refractivity contribution in [1.29, 1.82) is 0 Å². The van der Waals surface area contributed by atoms with Crippen LogP contribution in [-0.2, 0) is 9.53 Å². The Balaban J connectivity index is 1.67. The van der Waals surface area contributed by atoms with Crippen molar-refractivity contribution in [3.63, 3.8) is 0 Å². The molecule has 0 aromatic heterocycles. The number of carbonyl (C=O) groups is 2. The smallest absolute Gasteiger partial charge is 0.314 e. The van der Waals surface area contributed by atoms with Crippen LogP contribution < -0.4 is 10.6 Å². The number of hydrogen-bond donors (Lipinski definition) is 3. The Morgan fingerprint density at radius 3 is 2.43 bits per heavy atom. The lowest BCUT2D eigenvalue weighted by atomic mass is 9.80. The highest BCUT2D eigenvalue weighted by molar-refractivity contribution is 5.78. The number of urea groups is 1. The molecule has 2 aliphatic rings. The number of carboxylic acids is 1. The van der Waals surface area contributed by atoms with Crippen LogP contribution in [0.1, 0.15) is 44.9 Å². The second kappa shape index (κ2) is 7.64. The highest BCUT2D eigenvalue weighted by Crippen LogP contribution is 2.30. The predicted octanol–water partition coefficient (Wildman–Crippen LogP) is 1.75. The molecular formula is C15H26N2O4. The number of rotatable bonds is 6. The second-order valence-corrected chi connectivity index (χ2v) is 6.25. The molecule has 2 amide bonds. The van der Waals surface area contributed by atoms with E-state index in [1.807, 2.05) is 0 Å². The highest BCUT2D eigenvalue weighted by atomic mass is 16.5. The minimum absolute atomic E-state index is 0.168. The van der Waals surface area contributed by atoms with E-state index >= 15 is 0 Å². The normalized spacial score (nSPS) is 21.9. The molecule has 3 N–H and O–H groups in total. The van der Waals surface area contributed by atoms with Crippen LogP contribution in [0.3, 0.4) is 0 Å². The van der Waals surface area contributed by atoms with Gasteiger partial charge in [-0.2, -0.15) is 0 Å². The van der Waals surface area contributed by atoms with E-state index in [0.717, 1.165) is 12.3 Å². The van der Waals surface area contributed by atoms with Gasteiger partial charge in [-0.25, -0.2) is 4.79 Å². The van der Waals surface area contributed by atoms with Crippen molar-refractivity contribution < 1.29 is 19.4 Å². The van der Waals surface area contributed by atoms with Crippen LogP contribution in [0.5, 0.6) is 0 Å². The van der Waals surface area contributed by atoms with Gasteiger partial charge in [0.1, 0.15) is 0 Å². The molecule has 0 radical (unpaired) electrons. The summed E-state index contributed by atoms with van der Waals surface area (Å²) in [6.45, 7) is 1.72. The Hall–Kier alpha value is -1.30. The number of ether oxygens (including phenoxy) is 1. The zero-order valence-corrected chi connectivity index (χ0v) is 12.5. The van der Waals surface area contributed by atoms with Crippen molar-refractivity contribution in [2.75, 3.05) is 26.3 Å². The summed E-state index contributed by atoms with van der Waals surface area (Å²) >= 11 is 0. The van der Waals surface area contributed by atoms with E-state index in [1.165, 1.54) is 25.7 Å². The molecule has 1 heterocycles. The number of carboxylic acid groups (broad SMARTS) is 1. The van der Waals surface area contributed by atoms with Crippen LogP contribution in [0, 0.1) is 11.3 Å². The predicted molar refractivity (Wildman–Crippen MR) is 78.1 cm³/mol. The molecule has 1 aliphatic heterocycles. The van der Waals surface area contributed by atoms with Gasteiger partial charge in [-0.1, -0.05) is 25.7 Å². The summed E-state index contributed by atoms with van der Waals surface area (Å²) < 4.78 is 5.21. The van der Waals surface area contributed by atoms with Crippen LogP contribution in [0.25, 0.3) is 0 Å². The van der Waals surface area contributed by atoms with Gasteiger partial charge in [0.25, 0.3) is 0 Å². The van der Waals surface area contributed by atoms with Gasteiger partial charge in [0.05, 0.1) is 5.41 Å². The molecule has 1 saturated carbocycles. The van der Waals surface area contributed by atoms with Gasteiger partial charge < -0.3 is 20.5 Å². The van der Waals surface area contributed by atoms with Crippen molar-refractivity contribution in [2.45, 2.75) is 44.9 Å². The maximum Gasteiger partial charge on any atom is 0.314 e. The summed E-state index contributed by atoms with van der Waals surface area (Å²) in [4.78, 5) is 23.2. The van der Waals surface area contributed by atoms with Gasteiger partial charge in [0.2, 0.25) is 0 Å². The summed E-state index contributed by atoms with van der Waals surface area (Å²) in [5.74, 6) is -0.108. The van der Waals surface area contributed by atoms with Gasteiger partial charge in [-0.3, -0.25) is 4.79 Å². The first-order valence-electron chi connectivity index (χ1n) is 7.95. The van der Waals surface area contributed by atoms with Crippen molar-refractivity contribution in [2.24, 2.45) is 11.3 Å². The molecule has 2 rings (SSSR count). The van der Waals surface area contributed by atoms with Gasteiger partial charge in [0.15, 0.2) is 0 Å². The first kappa shape index (κ1) is 16.1. The van der Waals surface area contributed by atoms with E-state index in [4.69, 9.17) is 4.74 Å². The first-order valence-corrected chi connectivity index (χ1v) is 7.95. The Labute approximate surface area is 125 Å². The molecule has 0 aromatic carbocycles. The lowest BCUT2D eigenvalue weighted by molar-refractivity contribution is -0.154. The third-order valence-electron chi connectivity index (χ3n) is 4.80. The molecule has 120 valence electrons. The Bertz CT molecular complexity index is 361. The summed E-state index contributed by atoms with van der Waals surface area (Å²) in [6, 6.07) is -0.264. The summed E-state index contributed by atoms with van der Waals surface area (Å²) in [7, 11) is 0. The van der Waals surface area contributed by atoms with Crippen LogP contribution in [0.2, 0.25) is 0 Å². The fourth-order valence-corrected chi connectivity index (χ4v) is 3.23. The Kier molecular flexibility index (Phi) is 5.85. The minimum atomic E-state index is -0.874. The molecule has 0 atom stereocenters. The van der Waals surface area contributed by atoms with Crippen molar-refractivity contribution in [3.8, 4) is 0 Å². The molecule has 0 bridgehead atoms. The molecule has 21 heavy (non-hydrogen) atoms. The third-order valence-corrected chi connectivity index (χ3v) is 4.80. The monoisotopic (exact) mass is 298 g/mol. The van der Waals surface area contributed by atoms with E-state index in [0.29, 0.717) is 32.6 Å². The Morgan fingerprint density at radius 2 is 1.81 bits per heavy atom.